The van der Waals surface area contributed by atoms with Crippen molar-refractivity contribution in [2.24, 2.45) is 16.5 Å². The molecule has 12 heteroatoms. The molecule has 114 valence electrons. The molecular formula is C9H15N9OS2. The fourth-order valence-electron chi connectivity index (χ4n) is 1.33. The number of nitrogens with two attached hydrogens (primary N) is 2. The van der Waals surface area contributed by atoms with Crippen LogP contribution in [0.3, 0.4) is 0 Å². The Morgan fingerprint density at radius 2 is 2.19 bits per heavy atom. The van der Waals surface area contributed by atoms with E-state index in [1.54, 1.807) is 18.8 Å². The van der Waals surface area contributed by atoms with Crippen LogP contribution in [0, 0.1) is 0 Å². The Labute approximate surface area is 129 Å². The average Bonchev–Trinajstić information content (AvgIpc) is 3.07. The van der Waals surface area contributed by atoms with Crippen LogP contribution in [-0.4, -0.2) is 44.2 Å². The number of aromatic nitrogens is 4. The Balaban J connectivity index is 1.68. The highest BCUT2D eigenvalue weighted by Crippen LogP contribution is 2.18. The van der Waals surface area contributed by atoms with Crippen LogP contribution in [0.5, 0.6) is 0 Å². The van der Waals surface area contributed by atoms with Crippen molar-refractivity contribution in [3.63, 3.8) is 0 Å². The second kappa shape index (κ2) is 7.64. The van der Waals surface area contributed by atoms with E-state index in [-0.39, 0.29) is 12.0 Å². The molecule has 0 unspecified atom stereocenters. The number of anilines is 2. The van der Waals surface area contributed by atoms with E-state index in [9.17, 15) is 0 Å². The predicted octanol–water partition coefficient (Wildman–Crippen LogP) is 0.213. The van der Waals surface area contributed by atoms with E-state index in [2.05, 4.69) is 34.5 Å². The Kier molecular flexibility index (Phi) is 5.57. The van der Waals surface area contributed by atoms with Gasteiger partial charge in [-0.3, -0.25) is 0 Å². The molecule has 2 heterocycles. The van der Waals surface area contributed by atoms with E-state index in [0.29, 0.717) is 11.6 Å². The van der Waals surface area contributed by atoms with Gasteiger partial charge in [0.15, 0.2) is 23.4 Å². The Morgan fingerprint density at radius 3 is 2.95 bits per heavy atom. The summed E-state index contributed by atoms with van der Waals surface area (Å²) in [7, 11) is 1.81. The summed E-state index contributed by atoms with van der Waals surface area (Å²) in [6, 6.07) is 0.0657. The highest BCUT2D eigenvalue weighted by molar-refractivity contribution is 7.98. The van der Waals surface area contributed by atoms with Gasteiger partial charge in [-0.25, -0.2) is 0 Å². The summed E-state index contributed by atoms with van der Waals surface area (Å²) in [5, 5.41) is 9.93. The molecule has 0 bridgehead atoms. The summed E-state index contributed by atoms with van der Waals surface area (Å²) in [6.45, 7) is 0.753. The van der Waals surface area contributed by atoms with Gasteiger partial charge in [0.25, 0.3) is 0 Å². The molecule has 0 amide bonds. The molecule has 10 nitrogen and oxygen atoms in total. The first kappa shape index (κ1) is 15.3. The molecule has 2 rings (SSSR count). The maximum Gasteiger partial charge on any atom is 0.350 e. The molecule has 0 aliphatic heterocycles. The van der Waals surface area contributed by atoms with Gasteiger partial charge in [-0.15, -0.1) is 0 Å². The van der Waals surface area contributed by atoms with Crippen LogP contribution in [0.15, 0.2) is 9.52 Å². The lowest BCUT2D eigenvalue weighted by molar-refractivity contribution is 0.423. The summed E-state index contributed by atoms with van der Waals surface area (Å²) in [5.74, 6) is 3.42. The monoisotopic (exact) mass is 329 g/mol. The fourth-order valence-corrected chi connectivity index (χ4v) is 2.56. The third-order valence-electron chi connectivity index (χ3n) is 2.18. The first-order valence-electron chi connectivity index (χ1n) is 5.93. The molecule has 0 saturated carbocycles. The van der Waals surface area contributed by atoms with E-state index < -0.39 is 0 Å². The lowest BCUT2D eigenvalue weighted by atomic mass is 10.6. The van der Waals surface area contributed by atoms with E-state index in [0.717, 1.165) is 35.7 Å². The van der Waals surface area contributed by atoms with Crippen LogP contribution in [0.1, 0.15) is 5.82 Å². The van der Waals surface area contributed by atoms with Gasteiger partial charge in [0.2, 0.25) is 0 Å². The number of guanidine groups is 1. The fraction of sp³-hybridized carbons (Fsp3) is 0.444. The summed E-state index contributed by atoms with van der Waals surface area (Å²) in [5.41, 5.74) is 10.4. The molecule has 2 aromatic heterocycles. The number of aliphatic imine (C=N–C) groups is 1. The number of rotatable bonds is 8. The zero-order valence-electron chi connectivity index (χ0n) is 11.2. The van der Waals surface area contributed by atoms with Gasteiger partial charge in [-0.2, -0.15) is 30.5 Å². The highest BCUT2D eigenvalue weighted by atomic mass is 32.2. The molecule has 0 aliphatic carbocycles. The molecule has 0 fully saturated rings. The first-order chi connectivity index (χ1) is 10.2. The largest absolute Gasteiger partial charge is 0.370 e. The van der Waals surface area contributed by atoms with Gasteiger partial charge in [0.1, 0.15) is 0 Å². The summed E-state index contributed by atoms with van der Waals surface area (Å²) in [4.78, 5) is 7.69. The van der Waals surface area contributed by atoms with Gasteiger partial charge < -0.3 is 26.6 Å². The third kappa shape index (κ3) is 4.75. The normalized spacial score (nSPS) is 10.3. The minimum Gasteiger partial charge on any atom is -0.370 e. The van der Waals surface area contributed by atoms with Gasteiger partial charge in [-0.05, 0) is 0 Å². The number of nitrogens with zero attached hydrogens (tertiary/aromatic N) is 5. The smallest absolute Gasteiger partial charge is 0.350 e. The SMILES string of the molecule is CNc1nsnc1NCCSCc1noc(N=C(N)N)n1. The van der Waals surface area contributed by atoms with E-state index in [4.69, 9.17) is 16.0 Å². The average molecular weight is 329 g/mol. The molecule has 0 atom stereocenters. The third-order valence-corrected chi connectivity index (χ3v) is 3.66. The number of hydrogen-bond donors (Lipinski definition) is 4. The lowest BCUT2D eigenvalue weighted by Gasteiger charge is -2.03. The van der Waals surface area contributed by atoms with Gasteiger partial charge in [0, 0.05) is 19.3 Å². The van der Waals surface area contributed by atoms with Crippen molar-refractivity contribution in [2.45, 2.75) is 5.75 Å². The second-order valence-corrected chi connectivity index (χ2v) is 5.35. The quantitative estimate of drug-likeness (QED) is 0.300. The minimum absolute atomic E-state index is 0.0657. The number of thioether (sulfide) groups is 1. The number of hydrogen-bond acceptors (Lipinski definition) is 10. The zero-order chi connectivity index (χ0) is 15.1. The van der Waals surface area contributed by atoms with Crippen LogP contribution >= 0.6 is 23.5 Å². The number of nitrogens with one attached hydrogen (secondary N) is 2. The highest BCUT2D eigenvalue weighted by Gasteiger charge is 2.07. The molecular weight excluding hydrogens is 314 g/mol. The first-order valence-corrected chi connectivity index (χ1v) is 7.81. The van der Waals surface area contributed by atoms with Crippen molar-refractivity contribution >= 4 is 47.1 Å². The van der Waals surface area contributed by atoms with Crippen LogP contribution < -0.4 is 22.1 Å². The minimum atomic E-state index is -0.112. The van der Waals surface area contributed by atoms with E-state index >= 15 is 0 Å². The Hall–Kier alpha value is -2.08. The molecule has 0 spiro atoms. The van der Waals surface area contributed by atoms with Gasteiger partial charge in [0.05, 0.1) is 17.5 Å². The Morgan fingerprint density at radius 1 is 1.38 bits per heavy atom. The topological polar surface area (TPSA) is 153 Å². The molecule has 21 heavy (non-hydrogen) atoms. The standard InChI is InChI=1S/C9H15N9OS2/c1-12-6-7(18-21-17-6)13-2-3-20-4-5-14-9(19-16-5)15-8(10)11/h2-4H2,1H3,(H,12,17)(H,13,18)(H4,10,11,14,15,16). The molecule has 0 radical (unpaired) electrons. The predicted molar refractivity (Wildman–Crippen MR) is 83.9 cm³/mol. The summed E-state index contributed by atoms with van der Waals surface area (Å²) < 4.78 is 13.1. The maximum absolute atomic E-state index is 5.21. The second-order valence-electron chi connectivity index (χ2n) is 3.72. The van der Waals surface area contributed by atoms with Crippen molar-refractivity contribution in [2.75, 3.05) is 30.0 Å². The summed E-state index contributed by atoms with van der Waals surface area (Å²) in [6.07, 6.45) is 0. The van der Waals surface area contributed by atoms with E-state index in [1.165, 1.54) is 0 Å². The van der Waals surface area contributed by atoms with Crippen LogP contribution in [0.4, 0.5) is 17.7 Å². The zero-order valence-corrected chi connectivity index (χ0v) is 12.9. The van der Waals surface area contributed by atoms with E-state index in [1.807, 2.05) is 0 Å². The van der Waals surface area contributed by atoms with Crippen molar-refractivity contribution in [1.29, 1.82) is 0 Å². The molecule has 0 aliphatic rings. The molecule has 2 aromatic rings. The van der Waals surface area contributed by atoms with Crippen molar-refractivity contribution < 1.29 is 4.52 Å². The molecule has 0 aromatic carbocycles. The van der Waals surface area contributed by atoms with Gasteiger partial charge in [-0.1, -0.05) is 5.16 Å². The van der Waals surface area contributed by atoms with Crippen LogP contribution in [0.25, 0.3) is 0 Å². The van der Waals surface area contributed by atoms with Crippen LogP contribution in [0.2, 0.25) is 0 Å². The van der Waals surface area contributed by atoms with Gasteiger partial charge >= 0.3 is 6.01 Å². The van der Waals surface area contributed by atoms with Crippen LogP contribution in [-0.2, 0) is 5.75 Å². The molecule has 0 saturated heterocycles. The Bertz CT molecular complexity index is 592. The maximum atomic E-state index is 5.21. The molecule has 6 N–H and O–H groups in total. The lowest BCUT2D eigenvalue weighted by Crippen LogP contribution is -2.21. The van der Waals surface area contributed by atoms with Crippen molar-refractivity contribution in [3.05, 3.63) is 5.82 Å². The van der Waals surface area contributed by atoms with Crippen molar-refractivity contribution in [1.82, 2.24) is 18.9 Å². The summed E-state index contributed by atoms with van der Waals surface area (Å²) >= 11 is 2.81. The van der Waals surface area contributed by atoms with Crippen molar-refractivity contribution in [3.8, 4) is 0 Å².